The molecule has 1 amide bonds. The van der Waals surface area contributed by atoms with Gasteiger partial charge in [-0.25, -0.2) is 4.98 Å². The second kappa shape index (κ2) is 9.23. The Kier molecular flexibility index (Phi) is 6.49. The van der Waals surface area contributed by atoms with Crippen molar-refractivity contribution in [2.45, 2.75) is 6.42 Å². The lowest BCUT2D eigenvalue weighted by Crippen LogP contribution is -2.36. The molecule has 0 radical (unpaired) electrons. The van der Waals surface area contributed by atoms with E-state index < -0.39 is 0 Å². The number of pyridine rings is 1. The monoisotopic (exact) mass is 383 g/mol. The van der Waals surface area contributed by atoms with Crippen LogP contribution in [0.25, 0.3) is 0 Å². The largest absolute Gasteiger partial charge is 0.493 e. The third kappa shape index (κ3) is 4.43. The lowest BCUT2D eigenvalue weighted by molar-refractivity contribution is 0.102. The predicted octanol–water partition coefficient (Wildman–Crippen LogP) is 2.92. The zero-order valence-corrected chi connectivity index (χ0v) is 16.2. The molecule has 1 N–H and O–H groups in total. The number of hydrogen-bond donors (Lipinski definition) is 1. The Balaban J connectivity index is 1.76. The summed E-state index contributed by atoms with van der Waals surface area (Å²) in [4.78, 5) is 19.3. The average molecular weight is 383 g/mol. The normalized spacial score (nSPS) is 13.7. The van der Waals surface area contributed by atoms with Crippen LogP contribution in [0, 0.1) is 0 Å². The van der Waals surface area contributed by atoms with Crippen molar-refractivity contribution < 1.29 is 19.0 Å². The number of methoxy groups -OCH3 is 2. The number of carbonyl (C=O) groups is 1. The van der Waals surface area contributed by atoms with E-state index in [1.165, 1.54) is 0 Å². The van der Waals surface area contributed by atoms with Gasteiger partial charge in [0.1, 0.15) is 5.82 Å². The molecular weight excluding hydrogens is 358 g/mol. The molecule has 2 aromatic rings. The molecule has 3 rings (SSSR count). The Bertz CT molecular complexity index is 830. The number of benzene rings is 1. The van der Waals surface area contributed by atoms with E-state index in [-0.39, 0.29) is 5.91 Å². The number of nitrogens with zero attached hydrogens (tertiary/aromatic N) is 2. The number of ether oxygens (including phenoxy) is 3. The summed E-state index contributed by atoms with van der Waals surface area (Å²) in [6.07, 6.45) is 4.08. The van der Waals surface area contributed by atoms with E-state index in [4.69, 9.17) is 14.2 Å². The van der Waals surface area contributed by atoms with Gasteiger partial charge < -0.3 is 24.4 Å². The molecule has 0 bridgehead atoms. The molecule has 28 heavy (non-hydrogen) atoms. The molecule has 0 spiro atoms. The number of allylic oxidation sites excluding steroid dienone is 1. The molecule has 7 nitrogen and oxygen atoms in total. The Labute approximate surface area is 164 Å². The molecular formula is C21H25N3O4. The quantitative estimate of drug-likeness (QED) is 0.741. The average Bonchev–Trinajstić information content (AvgIpc) is 2.74. The van der Waals surface area contributed by atoms with Crippen molar-refractivity contribution in [1.82, 2.24) is 4.98 Å². The van der Waals surface area contributed by atoms with Gasteiger partial charge in [0.15, 0.2) is 11.5 Å². The van der Waals surface area contributed by atoms with Crippen molar-refractivity contribution in [2.75, 3.05) is 50.7 Å². The molecule has 1 aliphatic rings. The molecule has 1 fully saturated rings. The molecule has 0 saturated carbocycles. The lowest BCUT2D eigenvalue weighted by atomic mass is 10.0. The molecule has 0 unspecified atom stereocenters. The van der Waals surface area contributed by atoms with Crippen LogP contribution in [-0.2, 0) is 11.2 Å². The number of carbonyl (C=O) groups excluding carboxylic acids is 1. The minimum atomic E-state index is -0.266. The molecule has 1 aliphatic heterocycles. The van der Waals surface area contributed by atoms with Gasteiger partial charge in [-0.2, -0.15) is 0 Å². The molecule has 1 aromatic carbocycles. The van der Waals surface area contributed by atoms with E-state index in [0.717, 1.165) is 24.3 Å². The van der Waals surface area contributed by atoms with E-state index >= 15 is 0 Å². The third-order valence-corrected chi connectivity index (χ3v) is 4.55. The van der Waals surface area contributed by atoms with Crippen molar-refractivity contribution in [1.29, 1.82) is 0 Å². The fraction of sp³-hybridized carbons (Fsp3) is 0.333. The fourth-order valence-corrected chi connectivity index (χ4v) is 3.14. The van der Waals surface area contributed by atoms with Crippen LogP contribution < -0.4 is 19.7 Å². The number of nitrogens with one attached hydrogen (secondary N) is 1. The van der Waals surface area contributed by atoms with E-state index in [1.807, 2.05) is 6.07 Å². The van der Waals surface area contributed by atoms with E-state index in [2.05, 4.69) is 21.8 Å². The van der Waals surface area contributed by atoms with Crippen LogP contribution in [0.3, 0.4) is 0 Å². The number of aromatic nitrogens is 1. The Morgan fingerprint density at radius 1 is 1.29 bits per heavy atom. The second-order valence-corrected chi connectivity index (χ2v) is 6.32. The first-order chi connectivity index (χ1) is 13.7. The summed E-state index contributed by atoms with van der Waals surface area (Å²) < 4.78 is 16.2. The molecule has 148 valence electrons. The van der Waals surface area contributed by atoms with Gasteiger partial charge in [-0.05, 0) is 30.7 Å². The summed E-state index contributed by atoms with van der Waals surface area (Å²) in [5.74, 6) is 1.33. The van der Waals surface area contributed by atoms with Crippen LogP contribution in [0.5, 0.6) is 11.5 Å². The van der Waals surface area contributed by atoms with Crippen LogP contribution in [0.15, 0.2) is 43.1 Å². The van der Waals surface area contributed by atoms with E-state index in [9.17, 15) is 4.79 Å². The van der Waals surface area contributed by atoms with Gasteiger partial charge in [-0.3, -0.25) is 4.79 Å². The number of anilines is 2. The first-order valence-corrected chi connectivity index (χ1v) is 9.12. The minimum absolute atomic E-state index is 0.266. The maximum atomic E-state index is 12.7. The highest BCUT2D eigenvalue weighted by Gasteiger charge is 2.17. The standard InChI is InChI=1S/C21H25N3O4/c1-4-5-15-12-16(13-18(26-2)20(15)27-3)21(25)23-19-7-6-17(14-22-19)24-8-10-28-11-9-24/h4,6-7,12-14H,1,5,8-11H2,2-3H3,(H,22,23,25). The van der Waals surface area contributed by atoms with Crippen molar-refractivity contribution in [3.05, 3.63) is 54.2 Å². The summed E-state index contributed by atoms with van der Waals surface area (Å²) in [6, 6.07) is 7.18. The summed E-state index contributed by atoms with van der Waals surface area (Å²) in [5, 5.41) is 2.83. The highest BCUT2D eigenvalue weighted by Crippen LogP contribution is 2.33. The summed E-state index contributed by atoms with van der Waals surface area (Å²) in [5.41, 5.74) is 2.31. The number of rotatable bonds is 7. The zero-order chi connectivity index (χ0) is 19.9. The molecule has 2 heterocycles. The maximum absolute atomic E-state index is 12.7. The van der Waals surface area contributed by atoms with Gasteiger partial charge in [0.25, 0.3) is 5.91 Å². The van der Waals surface area contributed by atoms with Gasteiger partial charge in [0.2, 0.25) is 0 Å². The molecule has 0 aliphatic carbocycles. The minimum Gasteiger partial charge on any atom is -0.493 e. The Morgan fingerprint density at radius 3 is 2.68 bits per heavy atom. The molecule has 1 aromatic heterocycles. The molecule has 1 saturated heterocycles. The van der Waals surface area contributed by atoms with Crippen molar-refractivity contribution in [3.8, 4) is 11.5 Å². The van der Waals surface area contributed by atoms with Gasteiger partial charge in [-0.1, -0.05) is 6.08 Å². The van der Waals surface area contributed by atoms with Crippen LogP contribution in [-0.4, -0.2) is 51.4 Å². The highest BCUT2D eigenvalue weighted by molar-refractivity contribution is 6.04. The van der Waals surface area contributed by atoms with E-state index in [0.29, 0.717) is 42.5 Å². The Hall–Kier alpha value is -3.06. The number of morpholine rings is 1. The zero-order valence-electron chi connectivity index (χ0n) is 16.2. The second-order valence-electron chi connectivity index (χ2n) is 6.32. The molecule has 0 atom stereocenters. The summed E-state index contributed by atoms with van der Waals surface area (Å²) >= 11 is 0. The van der Waals surface area contributed by atoms with Gasteiger partial charge in [0, 0.05) is 24.2 Å². The SMILES string of the molecule is C=CCc1cc(C(=O)Nc2ccc(N3CCOCC3)cn2)cc(OC)c1OC. The third-order valence-electron chi connectivity index (χ3n) is 4.55. The summed E-state index contributed by atoms with van der Waals surface area (Å²) in [7, 11) is 3.12. The van der Waals surface area contributed by atoms with Crippen molar-refractivity contribution in [3.63, 3.8) is 0 Å². The van der Waals surface area contributed by atoms with E-state index in [1.54, 1.807) is 44.7 Å². The first kappa shape index (κ1) is 19.7. The van der Waals surface area contributed by atoms with Crippen LogP contribution in [0.2, 0.25) is 0 Å². The lowest BCUT2D eigenvalue weighted by Gasteiger charge is -2.28. The van der Waals surface area contributed by atoms with Gasteiger partial charge >= 0.3 is 0 Å². The Morgan fingerprint density at radius 2 is 2.07 bits per heavy atom. The smallest absolute Gasteiger partial charge is 0.256 e. The van der Waals surface area contributed by atoms with Crippen LogP contribution >= 0.6 is 0 Å². The van der Waals surface area contributed by atoms with Crippen molar-refractivity contribution in [2.24, 2.45) is 0 Å². The topological polar surface area (TPSA) is 72.9 Å². The van der Waals surface area contributed by atoms with Crippen LogP contribution in [0.4, 0.5) is 11.5 Å². The van der Waals surface area contributed by atoms with Crippen molar-refractivity contribution >= 4 is 17.4 Å². The fourth-order valence-electron chi connectivity index (χ4n) is 3.14. The highest BCUT2D eigenvalue weighted by atomic mass is 16.5. The maximum Gasteiger partial charge on any atom is 0.256 e. The van der Waals surface area contributed by atoms with Gasteiger partial charge in [0.05, 0.1) is 39.3 Å². The van der Waals surface area contributed by atoms with Crippen LogP contribution in [0.1, 0.15) is 15.9 Å². The van der Waals surface area contributed by atoms with Gasteiger partial charge in [-0.15, -0.1) is 6.58 Å². The molecule has 7 heteroatoms. The number of hydrogen-bond acceptors (Lipinski definition) is 6. The predicted molar refractivity (Wildman–Crippen MR) is 109 cm³/mol. The number of amides is 1. The summed E-state index contributed by atoms with van der Waals surface area (Å²) in [6.45, 7) is 6.86. The first-order valence-electron chi connectivity index (χ1n) is 9.12.